The number of aliphatic hydroxyl groups excluding tert-OH is 1. The summed E-state index contributed by atoms with van der Waals surface area (Å²) in [5.74, 6) is -1.14. The fraction of sp³-hybridized carbons (Fsp3) is 0.500. The fourth-order valence-corrected chi connectivity index (χ4v) is 2.98. The van der Waals surface area contributed by atoms with E-state index in [9.17, 15) is 24.8 Å². The highest BCUT2D eigenvalue weighted by molar-refractivity contribution is 6.15. The molecule has 0 aromatic heterocycles. The van der Waals surface area contributed by atoms with Crippen molar-refractivity contribution in [3.8, 4) is 5.75 Å². The van der Waals surface area contributed by atoms with Crippen molar-refractivity contribution in [1.29, 1.82) is 0 Å². The van der Waals surface area contributed by atoms with Crippen LogP contribution >= 0.6 is 0 Å². The van der Waals surface area contributed by atoms with Crippen LogP contribution < -0.4 is 15.4 Å². The number of fused-ring (bicyclic) bond motifs is 1. The average Bonchev–Trinajstić information content (AvgIpc) is 2.54. The van der Waals surface area contributed by atoms with Crippen LogP contribution in [0.1, 0.15) is 26.2 Å². The van der Waals surface area contributed by atoms with Gasteiger partial charge in [-0.2, -0.15) is 0 Å². The molecule has 0 spiro atoms. The standard InChI is InChI=1S/C16H19N3O6/c1-15(13(21)17-8-16(9-20)5-2-6-16)14(22)18-11-7-10(19(23)24)3-4-12(11)25-15/h3-4,7,20H,2,5-6,8-9H2,1H3,(H,17,21)(H,18,22). The van der Waals surface area contributed by atoms with Gasteiger partial charge in [0.2, 0.25) is 0 Å². The lowest BCUT2D eigenvalue weighted by molar-refractivity contribution is -0.384. The first kappa shape index (κ1) is 17.2. The van der Waals surface area contributed by atoms with Gasteiger partial charge < -0.3 is 20.5 Å². The normalized spacial score (nSPS) is 23.5. The van der Waals surface area contributed by atoms with Crippen LogP contribution in [0.2, 0.25) is 0 Å². The molecule has 2 aliphatic rings. The summed E-state index contributed by atoms with van der Waals surface area (Å²) < 4.78 is 5.57. The van der Waals surface area contributed by atoms with Gasteiger partial charge in [0.25, 0.3) is 23.1 Å². The molecule has 3 rings (SSSR count). The molecule has 1 aromatic rings. The summed E-state index contributed by atoms with van der Waals surface area (Å²) in [6.07, 6.45) is 2.64. The van der Waals surface area contributed by atoms with Gasteiger partial charge in [0.05, 0.1) is 17.2 Å². The van der Waals surface area contributed by atoms with Crippen LogP contribution in [0, 0.1) is 15.5 Å². The summed E-state index contributed by atoms with van der Waals surface area (Å²) in [6, 6.07) is 3.77. The van der Waals surface area contributed by atoms with Crippen molar-refractivity contribution < 1.29 is 24.4 Å². The smallest absolute Gasteiger partial charge is 0.278 e. The maximum atomic E-state index is 12.5. The van der Waals surface area contributed by atoms with E-state index < -0.39 is 22.3 Å². The number of amides is 2. The number of aliphatic hydroxyl groups is 1. The van der Waals surface area contributed by atoms with Crippen LogP contribution in [0.25, 0.3) is 0 Å². The van der Waals surface area contributed by atoms with E-state index in [1.165, 1.54) is 25.1 Å². The second-order valence-electron chi connectivity index (χ2n) is 6.72. The minimum Gasteiger partial charge on any atom is -0.466 e. The molecule has 134 valence electrons. The molecule has 1 saturated carbocycles. The molecular formula is C16H19N3O6. The lowest BCUT2D eigenvalue weighted by Gasteiger charge is -2.41. The number of anilines is 1. The Morgan fingerprint density at radius 2 is 2.20 bits per heavy atom. The van der Waals surface area contributed by atoms with E-state index in [0.717, 1.165) is 19.3 Å². The highest BCUT2D eigenvalue weighted by atomic mass is 16.6. The number of carbonyl (C=O) groups is 2. The molecule has 1 aliphatic heterocycles. The Kier molecular flexibility index (Phi) is 4.11. The van der Waals surface area contributed by atoms with E-state index in [1.54, 1.807) is 0 Å². The molecule has 1 unspecified atom stereocenters. The topological polar surface area (TPSA) is 131 Å². The van der Waals surface area contributed by atoms with Gasteiger partial charge in [0, 0.05) is 24.1 Å². The van der Waals surface area contributed by atoms with Crippen LogP contribution in [0.15, 0.2) is 18.2 Å². The third-order valence-electron chi connectivity index (χ3n) is 4.98. The predicted octanol–water partition coefficient (Wildman–Crippen LogP) is 0.963. The number of hydrogen-bond acceptors (Lipinski definition) is 6. The summed E-state index contributed by atoms with van der Waals surface area (Å²) in [5.41, 5.74) is -2.15. The van der Waals surface area contributed by atoms with Crippen molar-refractivity contribution in [2.45, 2.75) is 31.8 Å². The third kappa shape index (κ3) is 2.91. The Morgan fingerprint density at radius 1 is 1.48 bits per heavy atom. The second kappa shape index (κ2) is 5.99. The van der Waals surface area contributed by atoms with Crippen LogP contribution in [-0.2, 0) is 9.59 Å². The van der Waals surface area contributed by atoms with Gasteiger partial charge in [-0.25, -0.2) is 0 Å². The van der Waals surface area contributed by atoms with Crippen molar-refractivity contribution in [1.82, 2.24) is 5.32 Å². The Balaban J connectivity index is 1.76. The maximum absolute atomic E-state index is 12.5. The zero-order valence-corrected chi connectivity index (χ0v) is 13.7. The quantitative estimate of drug-likeness (QED) is 0.412. The monoisotopic (exact) mass is 349 g/mol. The average molecular weight is 349 g/mol. The molecular weight excluding hydrogens is 330 g/mol. The molecule has 1 aliphatic carbocycles. The van der Waals surface area contributed by atoms with E-state index in [4.69, 9.17) is 4.74 Å². The Labute approximate surface area is 143 Å². The number of ether oxygens (including phenoxy) is 1. The summed E-state index contributed by atoms with van der Waals surface area (Å²) in [7, 11) is 0. The van der Waals surface area contributed by atoms with Gasteiger partial charge in [-0.15, -0.1) is 0 Å². The first-order valence-corrected chi connectivity index (χ1v) is 7.98. The SMILES string of the molecule is CC1(C(=O)NCC2(CO)CCC2)Oc2ccc([N+](=O)[O-])cc2NC1=O. The van der Waals surface area contributed by atoms with Crippen molar-refractivity contribution in [2.75, 3.05) is 18.5 Å². The number of benzene rings is 1. The van der Waals surface area contributed by atoms with Crippen LogP contribution in [0.3, 0.4) is 0 Å². The number of nitro groups is 1. The molecule has 0 bridgehead atoms. The zero-order chi connectivity index (χ0) is 18.2. The first-order valence-electron chi connectivity index (χ1n) is 7.98. The lowest BCUT2D eigenvalue weighted by atomic mass is 9.69. The molecule has 1 fully saturated rings. The van der Waals surface area contributed by atoms with Crippen LogP contribution in [0.4, 0.5) is 11.4 Å². The summed E-state index contributed by atoms with van der Waals surface area (Å²) in [4.78, 5) is 35.1. The predicted molar refractivity (Wildman–Crippen MR) is 87.1 cm³/mol. The van der Waals surface area contributed by atoms with Crippen LogP contribution in [0.5, 0.6) is 5.75 Å². The first-order chi connectivity index (χ1) is 11.8. The number of nitro benzene ring substituents is 1. The molecule has 3 N–H and O–H groups in total. The number of nitrogens with one attached hydrogen (secondary N) is 2. The number of rotatable bonds is 5. The van der Waals surface area contributed by atoms with Gasteiger partial charge in [-0.05, 0) is 25.8 Å². The van der Waals surface area contributed by atoms with Gasteiger partial charge >= 0.3 is 0 Å². The van der Waals surface area contributed by atoms with Gasteiger partial charge in [0.1, 0.15) is 5.75 Å². The molecule has 2 amide bonds. The highest BCUT2D eigenvalue weighted by Crippen LogP contribution is 2.40. The summed E-state index contributed by atoms with van der Waals surface area (Å²) in [6.45, 7) is 1.58. The zero-order valence-electron chi connectivity index (χ0n) is 13.7. The minimum atomic E-state index is -1.79. The lowest BCUT2D eigenvalue weighted by Crippen LogP contribution is -2.60. The molecule has 0 saturated heterocycles. The molecule has 1 aromatic carbocycles. The van der Waals surface area contributed by atoms with Gasteiger partial charge in [0.15, 0.2) is 0 Å². The van der Waals surface area contributed by atoms with Gasteiger partial charge in [-0.3, -0.25) is 19.7 Å². The van der Waals surface area contributed by atoms with E-state index in [1.807, 2.05) is 0 Å². The number of non-ortho nitro benzene ring substituents is 1. The van der Waals surface area contributed by atoms with E-state index in [-0.39, 0.29) is 35.7 Å². The fourth-order valence-electron chi connectivity index (χ4n) is 2.98. The summed E-state index contributed by atoms with van der Waals surface area (Å²) in [5, 5.41) is 25.4. The van der Waals surface area contributed by atoms with E-state index in [2.05, 4.69) is 10.6 Å². The Hall–Kier alpha value is -2.68. The molecule has 25 heavy (non-hydrogen) atoms. The highest BCUT2D eigenvalue weighted by Gasteiger charge is 2.48. The largest absolute Gasteiger partial charge is 0.466 e. The van der Waals surface area contributed by atoms with E-state index in [0.29, 0.717) is 0 Å². The van der Waals surface area contributed by atoms with Crippen molar-refractivity contribution in [3.63, 3.8) is 0 Å². The summed E-state index contributed by atoms with van der Waals surface area (Å²) >= 11 is 0. The molecule has 9 heteroatoms. The molecule has 1 heterocycles. The third-order valence-corrected chi connectivity index (χ3v) is 4.98. The molecule has 0 radical (unpaired) electrons. The van der Waals surface area contributed by atoms with Crippen LogP contribution in [-0.4, -0.2) is 40.6 Å². The number of hydrogen-bond donors (Lipinski definition) is 3. The van der Waals surface area contributed by atoms with Crippen molar-refractivity contribution in [2.24, 2.45) is 5.41 Å². The van der Waals surface area contributed by atoms with Crippen molar-refractivity contribution >= 4 is 23.2 Å². The number of carbonyl (C=O) groups excluding carboxylic acids is 2. The molecule has 9 nitrogen and oxygen atoms in total. The van der Waals surface area contributed by atoms with Gasteiger partial charge in [-0.1, -0.05) is 6.42 Å². The Morgan fingerprint density at radius 3 is 2.76 bits per heavy atom. The maximum Gasteiger partial charge on any atom is 0.278 e. The van der Waals surface area contributed by atoms with Crippen molar-refractivity contribution in [3.05, 3.63) is 28.3 Å². The number of nitrogens with zero attached hydrogens (tertiary/aromatic N) is 1. The van der Waals surface area contributed by atoms with E-state index >= 15 is 0 Å². The second-order valence-corrected chi connectivity index (χ2v) is 6.72. The molecule has 1 atom stereocenters. The Bertz CT molecular complexity index is 740. The minimum absolute atomic E-state index is 0.0243.